The van der Waals surface area contributed by atoms with Gasteiger partial charge in [-0.05, 0) is 56.7 Å². The van der Waals surface area contributed by atoms with E-state index >= 15 is 0 Å². The van der Waals surface area contributed by atoms with Crippen LogP contribution in [0.2, 0.25) is 0 Å². The average Bonchev–Trinajstić information content (AvgIpc) is 3.56. The van der Waals surface area contributed by atoms with E-state index in [4.69, 9.17) is 14.2 Å². The summed E-state index contributed by atoms with van der Waals surface area (Å²) in [6.07, 6.45) is 0. The van der Waals surface area contributed by atoms with Crippen LogP contribution in [0.4, 0.5) is 5.69 Å². The van der Waals surface area contributed by atoms with Crippen molar-refractivity contribution in [2.24, 2.45) is 4.99 Å². The number of halogens is 1. The number of thiazole rings is 1. The number of anilines is 1. The van der Waals surface area contributed by atoms with Crippen LogP contribution in [-0.2, 0) is 14.3 Å². The first kappa shape index (κ1) is 24.6. The largest absolute Gasteiger partial charge is 0.463 e. The van der Waals surface area contributed by atoms with E-state index in [2.05, 4.69) is 20.9 Å². The molecule has 6 rings (SSSR count). The van der Waals surface area contributed by atoms with Crippen LogP contribution in [0.1, 0.15) is 37.9 Å². The smallest absolute Gasteiger partial charge is 0.338 e. The van der Waals surface area contributed by atoms with Crippen molar-refractivity contribution in [3.8, 4) is 11.5 Å². The summed E-state index contributed by atoms with van der Waals surface area (Å²) in [6.45, 7) is 6.06. The van der Waals surface area contributed by atoms with Crippen molar-refractivity contribution in [3.63, 3.8) is 0 Å². The fourth-order valence-corrected chi connectivity index (χ4v) is 6.58. The zero-order valence-electron chi connectivity index (χ0n) is 20.7. The summed E-state index contributed by atoms with van der Waals surface area (Å²) in [4.78, 5) is 47.6. The fraction of sp³-hybridized carbons (Fsp3) is 0.259. The summed E-state index contributed by atoms with van der Waals surface area (Å²) in [5.74, 6) is 0.304. The highest BCUT2D eigenvalue weighted by atomic mass is 79.9. The van der Waals surface area contributed by atoms with Crippen molar-refractivity contribution in [1.82, 2.24) is 4.57 Å². The predicted octanol–water partition coefficient (Wildman–Crippen LogP) is 3.03. The Morgan fingerprint density at radius 2 is 1.95 bits per heavy atom. The Morgan fingerprint density at radius 1 is 1.16 bits per heavy atom. The summed E-state index contributed by atoms with van der Waals surface area (Å²) in [5.41, 5.74) is 2.69. The molecule has 0 saturated carbocycles. The van der Waals surface area contributed by atoms with Gasteiger partial charge in [0.25, 0.3) is 11.5 Å². The number of esters is 1. The van der Waals surface area contributed by atoms with Gasteiger partial charge < -0.3 is 19.1 Å². The summed E-state index contributed by atoms with van der Waals surface area (Å²) in [6, 6.07) is 10.1. The molecule has 0 fully saturated rings. The summed E-state index contributed by atoms with van der Waals surface area (Å²) < 4.78 is 18.9. The van der Waals surface area contributed by atoms with Gasteiger partial charge in [-0.3, -0.25) is 14.2 Å². The maximum atomic E-state index is 14.2. The third kappa shape index (κ3) is 3.64. The molecule has 0 N–H and O–H groups in total. The van der Waals surface area contributed by atoms with Crippen molar-refractivity contribution < 1.29 is 23.8 Å². The Morgan fingerprint density at radius 3 is 2.71 bits per heavy atom. The Bertz CT molecular complexity index is 1750. The van der Waals surface area contributed by atoms with Crippen LogP contribution in [0, 0.1) is 0 Å². The van der Waals surface area contributed by atoms with Crippen LogP contribution in [-0.4, -0.2) is 36.4 Å². The number of carbonyl (C=O) groups is 2. The summed E-state index contributed by atoms with van der Waals surface area (Å²) >= 11 is 4.63. The number of rotatable bonds is 4. The maximum absolute atomic E-state index is 14.2. The van der Waals surface area contributed by atoms with Gasteiger partial charge in [-0.2, -0.15) is 0 Å². The molecule has 0 radical (unpaired) electrons. The zero-order chi connectivity index (χ0) is 26.7. The van der Waals surface area contributed by atoms with Gasteiger partial charge in [0, 0.05) is 16.6 Å². The van der Waals surface area contributed by atoms with Crippen molar-refractivity contribution >= 4 is 50.4 Å². The van der Waals surface area contributed by atoms with Crippen molar-refractivity contribution in [2.45, 2.75) is 26.8 Å². The second-order valence-electron chi connectivity index (χ2n) is 8.82. The van der Waals surface area contributed by atoms with E-state index in [0.717, 1.165) is 21.5 Å². The van der Waals surface area contributed by atoms with Gasteiger partial charge in [0.2, 0.25) is 6.79 Å². The van der Waals surface area contributed by atoms with Crippen molar-refractivity contribution in [2.75, 3.05) is 24.8 Å². The van der Waals surface area contributed by atoms with E-state index in [-0.39, 0.29) is 29.4 Å². The quantitative estimate of drug-likeness (QED) is 0.430. The lowest BCUT2D eigenvalue weighted by Gasteiger charge is -2.24. The second-order valence-corrected chi connectivity index (χ2v) is 10.7. The lowest BCUT2D eigenvalue weighted by Crippen LogP contribution is -2.41. The van der Waals surface area contributed by atoms with Crippen LogP contribution < -0.4 is 29.3 Å². The Labute approximate surface area is 229 Å². The second kappa shape index (κ2) is 9.25. The van der Waals surface area contributed by atoms with E-state index in [1.165, 1.54) is 4.57 Å². The van der Waals surface area contributed by atoms with E-state index in [1.54, 1.807) is 36.9 Å². The third-order valence-corrected chi connectivity index (χ3v) is 8.27. The SMILES string of the molecule is CCOC(=O)C1=C(C)N=c2s/c(=C3/C(=O)N(CC)c4ccc(Br)cc43)c(=O)n2[C@@H]1c1ccc2c(c1)OCO2. The van der Waals surface area contributed by atoms with Gasteiger partial charge in [-0.1, -0.05) is 33.3 Å². The summed E-state index contributed by atoms with van der Waals surface area (Å²) in [7, 11) is 0. The normalized spacial score (nSPS) is 18.9. The highest BCUT2D eigenvalue weighted by molar-refractivity contribution is 9.10. The van der Waals surface area contributed by atoms with Crippen LogP contribution in [0.25, 0.3) is 5.57 Å². The molecule has 9 nitrogen and oxygen atoms in total. The predicted molar refractivity (Wildman–Crippen MR) is 144 cm³/mol. The van der Waals surface area contributed by atoms with Crippen molar-refractivity contribution in [1.29, 1.82) is 0 Å². The molecule has 4 heterocycles. The van der Waals surface area contributed by atoms with Gasteiger partial charge in [-0.15, -0.1) is 0 Å². The Balaban J connectivity index is 1.65. The number of hydrogen-bond acceptors (Lipinski definition) is 8. The molecule has 194 valence electrons. The molecule has 1 amide bonds. The lowest BCUT2D eigenvalue weighted by atomic mass is 9.95. The molecule has 3 aliphatic rings. The molecular weight excluding hydrogens is 574 g/mol. The van der Waals surface area contributed by atoms with Crippen molar-refractivity contribution in [3.05, 3.63) is 83.0 Å². The maximum Gasteiger partial charge on any atom is 0.338 e. The first-order valence-electron chi connectivity index (χ1n) is 12.1. The number of amides is 1. The third-order valence-electron chi connectivity index (χ3n) is 6.73. The number of allylic oxidation sites excluding steroid dienone is 1. The fourth-order valence-electron chi connectivity index (χ4n) is 5.08. The number of nitrogens with zero attached hydrogens (tertiary/aromatic N) is 3. The standard InChI is InChI=1S/C27H22BrN3O6S/c1-4-30-17-8-7-15(28)11-16(17)21(24(30)32)23-25(33)31-22(14-6-9-18-19(10-14)37-12-36-18)20(26(34)35-5-2)13(3)29-27(31)38-23/h6-11,22H,4-5,12H2,1-3H3/b23-21+/t22-/m1/s1. The topological polar surface area (TPSA) is 99.4 Å². The molecule has 3 aliphatic heterocycles. The molecule has 1 atom stereocenters. The highest BCUT2D eigenvalue weighted by Gasteiger charge is 2.37. The number of likely N-dealkylation sites (N-methyl/N-ethyl adjacent to an activating group) is 1. The van der Waals surface area contributed by atoms with E-state index in [9.17, 15) is 14.4 Å². The highest BCUT2D eigenvalue weighted by Crippen LogP contribution is 2.39. The van der Waals surface area contributed by atoms with Gasteiger partial charge in [-0.25, -0.2) is 9.79 Å². The number of carbonyl (C=O) groups excluding carboxylic acids is 2. The first-order valence-corrected chi connectivity index (χ1v) is 13.7. The van der Waals surface area contributed by atoms with Gasteiger partial charge >= 0.3 is 5.97 Å². The average molecular weight is 596 g/mol. The molecule has 1 aromatic heterocycles. The molecule has 11 heteroatoms. The molecule has 38 heavy (non-hydrogen) atoms. The minimum absolute atomic E-state index is 0.0928. The number of hydrogen-bond donors (Lipinski definition) is 0. The molecule has 0 saturated heterocycles. The first-order chi connectivity index (χ1) is 18.3. The van der Waals surface area contributed by atoms with Crippen LogP contribution in [0.5, 0.6) is 11.5 Å². The van der Waals surface area contributed by atoms with Gasteiger partial charge in [0.05, 0.1) is 35.2 Å². The van der Waals surface area contributed by atoms with Gasteiger partial charge in [0.1, 0.15) is 4.53 Å². The van der Waals surface area contributed by atoms with E-state index < -0.39 is 17.6 Å². The number of fused-ring (bicyclic) bond motifs is 3. The monoisotopic (exact) mass is 595 g/mol. The minimum Gasteiger partial charge on any atom is -0.463 e. The van der Waals surface area contributed by atoms with E-state index in [1.807, 2.05) is 25.1 Å². The number of benzene rings is 2. The lowest BCUT2D eigenvalue weighted by molar-refractivity contribution is -0.139. The molecule has 2 aromatic carbocycles. The number of aromatic nitrogens is 1. The number of ether oxygens (including phenoxy) is 3. The summed E-state index contributed by atoms with van der Waals surface area (Å²) in [5, 5.41) is 0. The van der Waals surface area contributed by atoms with Crippen LogP contribution in [0.15, 0.2) is 61.9 Å². The minimum atomic E-state index is -0.824. The Kier molecular flexibility index (Phi) is 5.99. The molecular formula is C27H22BrN3O6S. The van der Waals surface area contributed by atoms with Crippen LogP contribution in [0.3, 0.4) is 0 Å². The molecule has 0 unspecified atom stereocenters. The Hall–Kier alpha value is -3.70. The molecule has 0 bridgehead atoms. The van der Waals surface area contributed by atoms with Crippen LogP contribution >= 0.6 is 27.3 Å². The van der Waals surface area contributed by atoms with E-state index in [0.29, 0.717) is 45.2 Å². The van der Waals surface area contributed by atoms with Gasteiger partial charge in [0.15, 0.2) is 16.3 Å². The molecule has 0 aliphatic carbocycles. The zero-order valence-corrected chi connectivity index (χ0v) is 23.1. The molecule has 3 aromatic rings. The molecule has 0 spiro atoms.